The zero-order chi connectivity index (χ0) is 27.0. The maximum Gasteiger partial charge on any atom is 0.248 e. The molecule has 1 aromatic carbocycles. The number of hydrogen-bond acceptors (Lipinski definition) is 6. The molecule has 202 valence electrons. The Labute approximate surface area is 224 Å². The Kier molecular flexibility index (Phi) is 13.0. The predicted molar refractivity (Wildman–Crippen MR) is 153 cm³/mol. The first-order valence-electron chi connectivity index (χ1n) is 12.1. The molecule has 3 atom stereocenters. The molecule has 0 radical (unpaired) electrons. The van der Waals surface area contributed by atoms with Gasteiger partial charge in [-0.3, -0.25) is 9.63 Å². The van der Waals surface area contributed by atoms with E-state index in [1.54, 1.807) is 7.05 Å². The van der Waals surface area contributed by atoms with E-state index < -0.39 is 37.2 Å². The molecule has 7 nitrogen and oxygen atoms in total. The van der Waals surface area contributed by atoms with Crippen LogP contribution in [0.25, 0.3) is 0 Å². The van der Waals surface area contributed by atoms with Crippen LogP contribution in [0, 0.1) is 0 Å². The van der Waals surface area contributed by atoms with Crippen molar-refractivity contribution in [1.82, 2.24) is 5.06 Å². The number of hydroxylamine groups is 2. The third-order valence-electron chi connectivity index (χ3n) is 4.70. The van der Waals surface area contributed by atoms with E-state index in [1.165, 1.54) is 12.2 Å². The van der Waals surface area contributed by atoms with Crippen molar-refractivity contribution in [3.8, 4) is 0 Å². The zero-order valence-electron chi connectivity index (χ0n) is 23.4. The number of hydrogen-bond donors (Lipinski definition) is 0. The van der Waals surface area contributed by atoms with Crippen molar-refractivity contribution in [2.24, 2.45) is 0 Å². The highest BCUT2D eigenvalue weighted by atomic mass is 79.9. The summed E-state index contributed by atoms with van der Waals surface area (Å²) in [6.45, 7) is 20.0. The van der Waals surface area contributed by atoms with Crippen molar-refractivity contribution in [2.45, 2.75) is 90.3 Å². The summed E-state index contributed by atoms with van der Waals surface area (Å²) in [5.74, 6) is -0.164. The lowest BCUT2D eigenvalue weighted by molar-refractivity contribution is -0.172. The van der Waals surface area contributed by atoms with Crippen LogP contribution >= 0.6 is 15.9 Å². The van der Waals surface area contributed by atoms with Gasteiger partial charge in [0.25, 0.3) is 0 Å². The first kappa shape index (κ1) is 32.6. The molecule has 0 N–H and O–H groups in total. The first-order valence-corrected chi connectivity index (χ1v) is 23.1. The van der Waals surface area contributed by atoms with Gasteiger partial charge in [0.15, 0.2) is 25.0 Å². The second-order valence-corrected chi connectivity index (χ2v) is 25.9. The third kappa shape index (κ3) is 14.2. The van der Waals surface area contributed by atoms with Gasteiger partial charge >= 0.3 is 0 Å². The van der Waals surface area contributed by atoms with E-state index in [9.17, 15) is 4.79 Å². The fourth-order valence-electron chi connectivity index (χ4n) is 3.40. The van der Waals surface area contributed by atoms with Crippen molar-refractivity contribution in [2.75, 3.05) is 20.8 Å². The summed E-state index contributed by atoms with van der Waals surface area (Å²) in [6.07, 6.45) is -1.15. The molecule has 0 aliphatic heterocycles. The maximum atomic E-state index is 12.9. The van der Waals surface area contributed by atoms with Crippen molar-refractivity contribution in [3.05, 3.63) is 34.3 Å². The summed E-state index contributed by atoms with van der Waals surface area (Å²) in [6, 6.07) is 8.07. The van der Waals surface area contributed by atoms with E-state index in [1.807, 2.05) is 24.3 Å². The van der Waals surface area contributed by atoms with Crippen molar-refractivity contribution < 1.29 is 27.6 Å². The second kappa shape index (κ2) is 14.0. The van der Waals surface area contributed by atoms with Gasteiger partial charge in [-0.15, -0.1) is 0 Å². The molecule has 0 unspecified atom stereocenters. The van der Waals surface area contributed by atoms with Crippen LogP contribution in [-0.4, -0.2) is 75.0 Å². The second-order valence-electron chi connectivity index (χ2n) is 11.7. The fourth-order valence-corrected chi connectivity index (χ4v) is 7.03. The molecular weight excluding hydrogens is 562 g/mol. The van der Waals surface area contributed by atoms with Gasteiger partial charge in [0.1, 0.15) is 0 Å². The zero-order valence-corrected chi connectivity index (χ0v) is 28.0. The van der Waals surface area contributed by atoms with Gasteiger partial charge in [0.05, 0.1) is 45.1 Å². The Morgan fingerprint density at radius 2 is 1.34 bits per heavy atom. The number of benzene rings is 1. The Balaban J connectivity index is 3.29. The maximum absolute atomic E-state index is 12.9. The Hall–Kier alpha value is -0.379. The highest BCUT2D eigenvalue weighted by Gasteiger charge is 2.41. The summed E-state index contributed by atoms with van der Waals surface area (Å²) in [4.78, 5) is 18.0. The molecule has 0 aliphatic rings. The molecule has 1 amide bonds. The van der Waals surface area contributed by atoms with Gasteiger partial charge < -0.3 is 18.0 Å². The first-order chi connectivity index (χ1) is 15.9. The number of nitrogens with zero attached hydrogens (tertiary/aromatic N) is 1. The molecule has 0 aromatic heterocycles. The van der Waals surface area contributed by atoms with E-state index in [0.29, 0.717) is 13.2 Å². The lowest BCUT2D eigenvalue weighted by atomic mass is 10.1. The standard InChI is InChI=1S/C24H46BrNO6Si3/c1-26(28-2)23(27)16-21(30-33(3,4)5)24(32-35(9,10)11)22(31-34(6,7)8)18-29-17-19-12-14-20(25)15-13-19/h12-15,21-22,24H,16-18H2,1-11H3/t21-,22-,24+/m0/s1. The fraction of sp³-hybridized carbons (Fsp3) is 0.708. The summed E-state index contributed by atoms with van der Waals surface area (Å²) in [5, 5.41) is 1.24. The minimum atomic E-state index is -2.04. The Bertz CT molecular complexity index is 777. The molecule has 0 bridgehead atoms. The third-order valence-corrected chi connectivity index (χ3v) is 8.22. The molecule has 0 aliphatic carbocycles. The number of rotatable bonds is 15. The topological polar surface area (TPSA) is 66.5 Å². The number of carbonyl (C=O) groups is 1. The summed E-state index contributed by atoms with van der Waals surface area (Å²) in [5.41, 5.74) is 1.08. The van der Waals surface area contributed by atoms with Crippen molar-refractivity contribution >= 4 is 46.8 Å². The van der Waals surface area contributed by atoms with E-state index in [0.717, 1.165) is 10.0 Å². The molecule has 35 heavy (non-hydrogen) atoms. The summed E-state index contributed by atoms with van der Waals surface area (Å²) < 4.78 is 27.2. The molecule has 11 heteroatoms. The monoisotopic (exact) mass is 607 g/mol. The average Bonchev–Trinajstić information content (AvgIpc) is 2.69. The van der Waals surface area contributed by atoms with Crippen LogP contribution in [0.15, 0.2) is 28.7 Å². The van der Waals surface area contributed by atoms with Crippen LogP contribution in [0.5, 0.6) is 0 Å². The molecule has 0 heterocycles. The largest absolute Gasteiger partial charge is 0.412 e. The molecule has 0 saturated heterocycles. The number of halogens is 1. The molecule has 1 aromatic rings. The minimum Gasteiger partial charge on any atom is -0.412 e. The molecule has 0 fully saturated rings. The average molecular weight is 609 g/mol. The highest BCUT2D eigenvalue weighted by Crippen LogP contribution is 2.26. The van der Waals surface area contributed by atoms with Gasteiger partial charge in [-0.25, -0.2) is 5.06 Å². The molecule has 0 spiro atoms. The van der Waals surface area contributed by atoms with Crippen LogP contribution in [-0.2, 0) is 34.3 Å². The van der Waals surface area contributed by atoms with E-state index in [4.69, 9.17) is 22.9 Å². The summed E-state index contributed by atoms with van der Waals surface area (Å²) in [7, 11) is -2.96. The quantitative estimate of drug-likeness (QED) is 0.179. The SMILES string of the molecule is CON(C)C(=O)C[C@H](O[Si](C)(C)C)[C@@H](O[Si](C)(C)C)[C@H](COCc1ccc(Br)cc1)O[Si](C)(C)C. The van der Waals surface area contributed by atoms with Crippen LogP contribution in [0.2, 0.25) is 58.9 Å². The number of amides is 1. The summed E-state index contributed by atoms with van der Waals surface area (Å²) >= 11 is 3.47. The van der Waals surface area contributed by atoms with Gasteiger partial charge in [-0.1, -0.05) is 28.1 Å². The number of carbonyl (C=O) groups excluding carboxylic acids is 1. The smallest absolute Gasteiger partial charge is 0.248 e. The lowest BCUT2D eigenvalue weighted by Gasteiger charge is -2.41. The lowest BCUT2D eigenvalue weighted by Crippen LogP contribution is -2.55. The predicted octanol–water partition coefficient (Wildman–Crippen LogP) is 6.04. The van der Waals surface area contributed by atoms with Crippen LogP contribution in [0.3, 0.4) is 0 Å². The van der Waals surface area contributed by atoms with E-state index in [2.05, 4.69) is 74.9 Å². The van der Waals surface area contributed by atoms with E-state index >= 15 is 0 Å². The van der Waals surface area contributed by atoms with Gasteiger partial charge in [0, 0.05) is 11.5 Å². The Morgan fingerprint density at radius 3 is 1.80 bits per heavy atom. The van der Waals surface area contributed by atoms with Gasteiger partial charge in [-0.05, 0) is 76.6 Å². The molecular formula is C24H46BrNO6Si3. The van der Waals surface area contributed by atoms with Crippen LogP contribution < -0.4 is 0 Å². The van der Waals surface area contributed by atoms with Gasteiger partial charge in [-0.2, -0.15) is 0 Å². The van der Waals surface area contributed by atoms with Crippen molar-refractivity contribution in [3.63, 3.8) is 0 Å². The van der Waals surface area contributed by atoms with Gasteiger partial charge in [0.2, 0.25) is 5.91 Å². The minimum absolute atomic E-state index is 0.141. The number of ether oxygens (including phenoxy) is 1. The normalized spacial score (nSPS) is 15.5. The molecule has 1 rings (SSSR count). The Morgan fingerprint density at radius 1 is 0.857 bits per heavy atom. The van der Waals surface area contributed by atoms with Crippen LogP contribution in [0.1, 0.15) is 12.0 Å². The highest BCUT2D eigenvalue weighted by molar-refractivity contribution is 9.10. The van der Waals surface area contributed by atoms with Crippen molar-refractivity contribution in [1.29, 1.82) is 0 Å². The molecule has 0 saturated carbocycles. The van der Waals surface area contributed by atoms with Crippen LogP contribution in [0.4, 0.5) is 0 Å². The van der Waals surface area contributed by atoms with E-state index in [-0.39, 0.29) is 18.4 Å².